The van der Waals surface area contributed by atoms with E-state index in [0.29, 0.717) is 5.41 Å². The average molecular weight is 141 g/mol. The summed E-state index contributed by atoms with van der Waals surface area (Å²) in [6.45, 7) is 7.24. The van der Waals surface area contributed by atoms with Crippen molar-refractivity contribution in [3.05, 3.63) is 7.05 Å². The fourth-order valence-corrected chi connectivity index (χ4v) is 1.56. The highest BCUT2D eigenvalue weighted by Crippen LogP contribution is 2.29. The highest BCUT2D eigenvalue weighted by atomic mass is 15.1. The molecule has 1 rings (SSSR count). The monoisotopic (exact) mass is 141 g/mol. The SMILES string of the molecule is [CH2-][NH+]1CCC(C)(CC)CC1. The molecule has 60 valence electrons. The van der Waals surface area contributed by atoms with Crippen molar-refractivity contribution in [2.24, 2.45) is 5.41 Å². The number of quaternary nitrogens is 1. The predicted molar refractivity (Wildman–Crippen MR) is 43.7 cm³/mol. The Kier molecular flexibility index (Phi) is 2.35. The van der Waals surface area contributed by atoms with E-state index in [2.05, 4.69) is 20.9 Å². The smallest absolute Gasteiger partial charge is 0.0535 e. The van der Waals surface area contributed by atoms with E-state index in [1.807, 2.05) is 0 Å². The Morgan fingerprint density at radius 1 is 1.40 bits per heavy atom. The first-order valence-corrected chi connectivity index (χ1v) is 4.33. The molecule has 1 aliphatic heterocycles. The molecule has 0 amide bonds. The lowest BCUT2D eigenvalue weighted by molar-refractivity contribution is -0.862. The molecule has 1 saturated heterocycles. The van der Waals surface area contributed by atoms with Gasteiger partial charge in [0, 0.05) is 0 Å². The van der Waals surface area contributed by atoms with Gasteiger partial charge in [0.25, 0.3) is 0 Å². The molecule has 1 N–H and O–H groups in total. The van der Waals surface area contributed by atoms with Crippen molar-refractivity contribution in [3.63, 3.8) is 0 Å². The van der Waals surface area contributed by atoms with E-state index in [-0.39, 0.29) is 0 Å². The summed E-state index contributed by atoms with van der Waals surface area (Å²) in [5.41, 5.74) is 0.640. The zero-order chi connectivity index (χ0) is 7.61. The van der Waals surface area contributed by atoms with Gasteiger partial charge in [-0.05, 0) is 18.3 Å². The van der Waals surface area contributed by atoms with Gasteiger partial charge in [-0.15, -0.1) is 0 Å². The fourth-order valence-electron chi connectivity index (χ4n) is 1.56. The van der Waals surface area contributed by atoms with Gasteiger partial charge in [0.1, 0.15) is 0 Å². The summed E-state index contributed by atoms with van der Waals surface area (Å²) in [5, 5.41) is 0. The maximum Gasteiger partial charge on any atom is 0.0535 e. The van der Waals surface area contributed by atoms with Gasteiger partial charge < -0.3 is 4.90 Å². The van der Waals surface area contributed by atoms with Crippen LogP contribution in [-0.4, -0.2) is 13.1 Å². The highest BCUT2D eigenvalue weighted by molar-refractivity contribution is 4.74. The lowest BCUT2D eigenvalue weighted by Gasteiger charge is -2.38. The molecule has 0 saturated carbocycles. The number of rotatable bonds is 1. The van der Waals surface area contributed by atoms with Crippen LogP contribution in [-0.2, 0) is 0 Å². The Morgan fingerprint density at radius 3 is 2.30 bits per heavy atom. The molecule has 0 aromatic carbocycles. The second-order valence-corrected chi connectivity index (χ2v) is 3.91. The lowest BCUT2D eigenvalue weighted by atomic mass is 9.78. The number of likely N-dealkylation sites (tertiary alicyclic amines) is 1. The van der Waals surface area contributed by atoms with Crippen LogP contribution in [0.4, 0.5) is 0 Å². The Bertz CT molecular complexity index is 101. The summed E-state index contributed by atoms with van der Waals surface area (Å²) in [7, 11) is 4.01. The van der Waals surface area contributed by atoms with E-state index in [4.69, 9.17) is 0 Å². The lowest BCUT2D eigenvalue weighted by Crippen LogP contribution is -3.08. The Morgan fingerprint density at radius 2 is 1.90 bits per heavy atom. The Hall–Kier alpha value is -0.0400. The molecular weight excluding hydrogens is 122 g/mol. The molecule has 0 unspecified atom stereocenters. The zero-order valence-corrected chi connectivity index (χ0v) is 7.24. The molecule has 0 aliphatic carbocycles. The number of hydrogen-bond acceptors (Lipinski definition) is 0. The third-order valence-corrected chi connectivity index (χ3v) is 3.02. The van der Waals surface area contributed by atoms with Crippen molar-refractivity contribution >= 4 is 0 Å². The molecule has 0 spiro atoms. The normalized spacial score (nSPS) is 41.7. The van der Waals surface area contributed by atoms with Gasteiger partial charge in [0.15, 0.2) is 0 Å². The van der Waals surface area contributed by atoms with Gasteiger partial charge in [-0.25, -0.2) is 0 Å². The summed E-state index contributed by atoms with van der Waals surface area (Å²) in [5.74, 6) is 0. The van der Waals surface area contributed by atoms with Crippen LogP contribution in [0, 0.1) is 12.5 Å². The number of hydrogen-bond donors (Lipinski definition) is 1. The Balaban J connectivity index is 2.38. The molecule has 1 nitrogen and oxygen atoms in total. The maximum absolute atomic E-state index is 4.01. The maximum atomic E-state index is 4.01. The largest absolute Gasteiger partial charge is 0.468 e. The van der Waals surface area contributed by atoms with Crippen molar-refractivity contribution in [3.8, 4) is 0 Å². The molecule has 1 heteroatoms. The minimum absolute atomic E-state index is 0.640. The van der Waals surface area contributed by atoms with Crippen LogP contribution >= 0.6 is 0 Å². The van der Waals surface area contributed by atoms with Crippen molar-refractivity contribution in [2.75, 3.05) is 13.1 Å². The van der Waals surface area contributed by atoms with Crippen LogP contribution in [0.15, 0.2) is 0 Å². The van der Waals surface area contributed by atoms with Crippen molar-refractivity contribution < 1.29 is 4.90 Å². The van der Waals surface area contributed by atoms with Crippen molar-refractivity contribution in [2.45, 2.75) is 33.1 Å². The molecule has 0 bridgehead atoms. The average Bonchev–Trinajstić information content (AvgIpc) is 1.96. The van der Waals surface area contributed by atoms with Crippen LogP contribution in [0.2, 0.25) is 0 Å². The molecule has 1 aliphatic rings. The van der Waals surface area contributed by atoms with E-state index in [9.17, 15) is 0 Å². The third kappa shape index (κ3) is 1.72. The van der Waals surface area contributed by atoms with Crippen LogP contribution < -0.4 is 4.90 Å². The van der Waals surface area contributed by atoms with Gasteiger partial charge in [-0.2, -0.15) is 7.05 Å². The van der Waals surface area contributed by atoms with E-state index in [1.165, 1.54) is 37.3 Å². The van der Waals surface area contributed by atoms with Gasteiger partial charge in [-0.3, -0.25) is 0 Å². The van der Waals surface area contributed by atoms with E-state index in [1.54, 1.807) is 0 Å². The van der Waals surface area contributed by atoms with Crippen molar-refractivity contribution in [1.82, 2.24) is 0 Å². The molecule has 0 aromatic heterocycles. The molecule has 0 aromatic rings. The van der Waals surface area contributed by atoms with E-state index in [0.717, 1.165) is 0 Å². The standard InChI is InChI=1S/C9H19N/c1-4-9(2)5-7-10(3)8-6-9/h10H,3-8H2,1-2H3. The molecule has 0 atom stereocenters. The van der Waals surface area contributed by atoms with Gasteiger partial charge in [0.2, 0.25) is 0 Å². The van der Waals surface area contributed by atoms with Crippen molar-refractivity contribution in [1.29, 1.82) is 0 Å². The summed E-state index contributed by atoms with van der Waals surface area (Å²) in [6.07, 6.45) is 4.06. The van der Waals surface area contributed by atoms with Gasteiger partial charge in [-0.1, -0.05) is 20.3 Å². The number of piperidine rings is 1. The van der Waals surface area contributed by atoms with Crippen LogP contribution in [0.5, 0.6) is 0 Å². The first-order chi connectivity index (χ1) is 4.66. The second-order valence-electron chi connectivity index (χ2n) is 3.91. The molecule has 1 heterocycles. The van der Waals surface area contributed by atoms with E-state index < -0.39 is 0 Å². The molecule has 1 fully saturated rings. The van der Waals surface area contributed by atoms with Gasteiger partial charge >= 0.3 is 0 Å². The van der Waals surface area contributed by atoms with Crippen LogP contribution in [0.25, 0.3) is 0 Å². The first kappa shape index (κ1) is 8.06. The summed E-state index contributed by atoms with van der Waals surface area (Å²) in [4.78, 5) is 1.46. The van der Waals surface area contributed by atoms with E-state index >= 15 is 0 Å². The molecule has 10 heavy (non-hydrogen) atoms. The number of nitrogens with one attached hydrogen (secondary N) is 1. The van der Waals surface area contributed by atoms with Gasteiger partial charge in [0.05, 0.1) is 13.1 Å². The summed E-state index contributed by atoms with van der Waals surface area (Å²) < 4.78 is 0. The minimum atomic E-state index is 0.640. The topological polar surface area (TPSA) is 4.44 Å². The van der Waals surface area contributed by atoms with Crippen LogP contribution in [0.3, 0.4) is 0 Å². The first-order valence-electron chi connectivity index (χ1n) is 4.33. The predicted octanol–water partition coefficient (Wildman–Crippen LogP) is 0.873. The second kappa shape index (κ2) is 2.91. The Labute approximate surface area is 64.4 Å². The highest BCUT2D eigenvalue weighted by Gasteiger charge is 2.27. The molecule has 0 radical (unpaired) electrons. The summed E-state index contributed by atoms with van der Waals surface area (Å²) >= 11 is 0. The van der Waals surface area contributed by atoms with Crippen LogP contribution in [0.1, 0.15) is 33.1 Å². The molecular formula is C9H19N. The third-order valence-electron chi connectivity index (χ3n) is 3.02. The summed E-state index contributed by atoms with van der Waals surface area (Å²) in [6, 6.07) is 0. The zero-order valence-electron chi connectivity index (χ0n) is 7.24. The minimum Gasteiger partial charge on any atom is -0.468 e. The fraction of sp³-hybridized carbons (Fsp3) is 0.889. The quantitative estimate of drug-likeness (QED) is 0.517.